The molecule has 0 unspecified atom stereocenters. The first-order valence-electron chi connectivity index (χ1n) is 6.26. The number of nitrogens with two attached hydrogens (primary N) is 1. The van der Waals surface area contributed by atoms with Crippen LogP contribution in [0.3, 0.4) is 0 Å². The first kappa shape index (κ1) is 21.4. The van der Waals surface area contributed by atoms with Gasteiger partial charge in [0.2, 0.25) is 5.78 Å². The van der Waals surface area contributed by atoms with Crippen LogP contribution in [-0.2, 0) is 9.59 Å². The average Bonchev–Trinajstić information content (AvgIpc) is 2.10. The van der Waals surface area contributed by atoms with E-state index in [1.807, 2.05) is 20.8 Å². The summed E-state index contributed by atoms with van der Waals surface area (Å²) < 4.78 is 34.8. The lowest BCUT2D eigenvalue weighted by Gasteiger charge is -2.26. The second-order valence-corrected chi connectivity index (χ2v) is 7.38. The van der Waals surface area contributed by atoms with Crippen LogP contribution in [0, 0.1) is 10.8 Å². The van der Waals surface area contributed by atoms with E-state index in [2.05, 4.69) is 0 Å². The van der Waals surface area contributed by atoms with E-state index >= 15 is 0 Å². The Kier molecular flexibility index (Phi) is 6.68. The van der Waals surface area contributed by atoms with Crippen molar-refractivity contribution in [2.24, 2.45) is 16.6 Å². The van der Waals surface area contributed by atoms with Crippen molar-refractivity contribution in [3.63, 3.8) is 0 Å². The van der Waals surface area contributed by atoms with Gasteiger partial charge in [0.05, 0.1) is 5.54 Å². The van der Waals surface area contributed by atoms with Gasteiger partial charge in [-0.2, -0.15) is 13.2 Å². The number of alkyl halides is 3. The van der Waals surface area contributed by atoms with E-state index < -0.39 is 22.9 Å². The lowest BCUT2D eigenvalue weighted by molar-refractivity contribution is -0.179. The van der Waals surface area contributed by atoms with Crippen LogP contribution in [0.5, 0.6) is 0 Å². The van der Waals surface area contributed by atoms with E-state index in [1.165, 1.54) is 20.8 Å². The fraction of sp³-hybridized carbons (Fsp3) is 0.857. The van der Waals surface area contributed by atoms with Gasteiger partial charge in [-0.05, 0) is 13.8 Å². The third-order valence-electron chi connectivity index (χ3n) is 2.21. The SMILES string of the molecule is CC(C)(C)C(=O)C(C)(C)N.CC(C)(C)C(=O)C(F)(F)F. The molecule has 0 amide bonds. The third kappa shape index (κ3) is 8.30. The highest BCUT2D eigenvalue weighted by molar-refractivity contribution is 5.91. The minimum Gasteiger partial charge on any atom is -0.319 e. The number of rotatable bonds is 1. The molecule has 0 spiro atoms. The third-order valence-corrected chi connectivity index (χ3v) is 2.21. The van der Waals surface area contributed by atoms with Crippen molar-refractivity contribution >= 4 is 11.6 Å². The number of carbonyl (C=O) groups is 2. The Morgan fingerprint density at radius 1 is 0.700 bits per heavy atom. The molecule has 120 valence electrons. The van der Waals surface area contributed by atoms with Crippen molar-refractivity contribution in [3.8, 4) is 0 Å². The monoisotopic (exact) mass is 297 g/mol. The topological polar surface area (TPSA) is 60.2 Å². The van der Waals surface area contributed by atoms with Crippen LogP contribution >= 0.6 is 0 Å². The maximum Gasteiger partial charge on any atom is 0.450 e. The van der Waals surface area contributed by atoms with Gasteiger partial charge in [0.25, 0.3) is 0 Å². The van der Waals surface area contributed by atoms with Gasteiger partial charge in [-0.1, -0.05) is 41.5 Å². The Labute approximate surface area is 119 Å². The van der Waals surface area contributed by atoms with Crippen LogP contribution in [0.2, 0.25) is 0 Å². The van der Waals surface area contributed by atoms with E-state index in [9.17, 15) is 22.8 Å². The van der Waals surface area contributed by atoms with Crippen LogP contribution in [0.15, 0.2) is 0 Å². The summed E-state index contributed by atoms with van der Waals surface area (Å²) in [7, 11) is 0. The second kappa shape index (κ2) is 6.24. The van der Waals surface area contributed by atoms with Crippen molar-refractivity contribution in [2.75, 3.05) is 0 Å². The fourth-order valence-corrected chi connectivity index (χ4v) is 1.39. The Bertz CT molecular complexity index is 285. The largest absolute Gasteiger partial charge is 0.450 e. The Balaban J connectivity index is 0. The second-order valence-electron chi connectivity index (χ2n) is 7.38. The summed E-state index contributed by atoms with van der Waals surface area (Å²) in [5.41, 5.74) is 3.28. The Hall–Kier alpha value is -0.910. The zero-order chi connectivity index (χ0) is 17.2. The molecule has 0 rings (SSSR count). The molecular weight excluding hydrogens is 271 g/mol. The molecule has 0 radical (unpaired) electrons. The summed E-state index contributed by atoms with van der Waals surface area (Å²) in [5.74, 6) is -1.58. The van der Waals surface area contributed by atoms with Gasteiger partial charge in [0, 0.05) is 10.8 Å². The molecule has 0 aliphatic carbocycles. The maximum absolute atomic E-state index is 11.6. The van der Waals surface area contributed by atoms with Gasteiger partial charge in [-0.3, -0.25) is 9.59 Å². The molecule has 20 heavy (non-hydrogen) atoms. The highest BCUT2D eigenvalue weighted by atomic mass is 19.4. The standard InChI is InChI=1S/C8H17NO.C6H9F3O/c1-7(2,3)6(10)8(4,5)9;1-5(2,3)4(10)6(7,8)9/h9H2,1-5H3;1-3H3. The number of halogens is 3. The predicted octanol–water partition coefficient (Wildman–Crippen LogP) is 3.50. The first-order valence-corrected chi connectivity index (χ1v) is 6.26. The molecule has 0 heterocycles. The lowest BCUT2D eigenvalue weighted by atomic mass is 9.81. The predicted molar refractivity (Wildman–Crippen MR) is 73.2 cm³/mol. The molecule has 0 fully saturated rings. The normalized spacial score (nSPS) is 13.4. The van der Waals surface area contributed by atoms with Crippen LogP contribution in [-0.4, -0.2) is 23.3 Å². The van der Waals surface area contributed by atoms with Crippen molar-refractivity contribution in [1.82, 2.24) is 0 Å². The van der Waals surface area contributed by atoms with Crippen LogP contribution < -0.4 is 5.73 Å². The Morgan fingerprint density at radius 3 is 0.950 bits per heavy atom. The van der Waals surface area contributed by atoms with Crippen LogP contribution in [0.1, 0.15) is 55.4 Å². The highest BCUT2D eigenvalue weighted by Crippen LogP contribution is 2.28. The number of carbonyl (C=O) groups excluding carboxylic acids is 2. The zero-order valence-electron chi connectivity index (χ0n) is 13.5. The van der Waals surface area contributed by atoms with Gasteiger partial charge < -0.3 is 5.73 Å². The molecule has 0 aromatic rings. The van der Waals surface area contributed by atoms with Crippen molar-refractivity contribution < 1.29 is 22.8 Å². The number of hydrogen-bond donors (Lipinski definition) is 1. The summed E-state index contributed by atoms with van der Waals surface area (Å²) in [6.45, 7) is 12.8. The zero-order valence-corrected chi connectivity index (χ0v) is 13.5. The summed E-state index contributed by atoms with van der Waals surface area (Å²) in [6, 6.07) is 0. The van der Waals surface area contributed by atoms with Crippen LogP contribution in [0.25, 0.3) is 0 Å². The molecule has 2 N–H and O–H groups in total. The van der Waals surface area contributed by atoms with Crippen molar-refractivity contribution in [3.05, 3.63) is 0 Å². The minimum absolute atomic E-state index is 0.0972. The molecular formula is C14H26F3NO2. The summed E-state index contributed by atoms with van der Waals surface area (Å²) >= 11 is 0. The van der Waals surface area contributed by atoms with Gasteiger partial charge in [0.15, 0.2) is 5.78 Å². The molecule has 6 heteroatoms. The lowest BCUT2D eigenvalue weighted by Crippen LogP contribution is -2.47. The van der Waals surface area contributed by atoms with Gasteiger partial charge >= 0.3 is 6.18 Å². The van der Waals surface area contributed by atoms with Crippen molar-refractivity contribution in [1.29, 1.82) is 0 Å². The number of ketones is 2. The summed E-state index contributed by atoms with van der Waals surface area (Å²) in [6.07, 6.45) is -4.70. The van der Waals surface area contributed by atoms with E-state index in [1.54, 1.807) is 13.8 Å². The van der Waals surface area contributed by atoms with E-state index in [0.29, 0.717) is 0 Å². The van der Waals surface area contributed by atoms with Crippen molar-refractivity contribution in [2.45, 2.75) is 67.1 Å². The quantitative estimate of drug-likeness (QED) is 0.805. The molecule has 0 atom stereocenters. The molecule has 0 saturated carbocycles. The van der Waals surface area contributed by atoms with Gasteiger partial charge in [-0.25, -0.2) is 0 Å². The van der Waals surface area contributed by atoms with Gasteiger partial charge in [0.1, 0.15) is 0 Å². The van der Waals surface area contributed by atoms with E-state index in [4.69, 9.17) is 5.73 Å². The average molecular weight is 297 g/mol. The number of Topliss-reactive ketones (excluding diaryl/α,β-unsaturated/α-hetero) is 2. The fourth-order valence-electron chi connectivity index (χ4n) is 1.39. The van der Waals surface area contributed by atoms with Crippen LogP contribution in [0.4, 0.5) is 13.2 Å². The first-order chi connectivity index (χ1) is 8.31. The number of hydrogen-bond acceptors (Lipinski definition) is 3. The summed E-state index contributed by atoms with van der Waals surface area (Å²) in [4.78, 5) is 21.7. The molecule has 0 aliphatic heterocycles. The molecule has 0 aromatic heterocycles. The molecule has 0 aromatic carbocycles. The smallest absolute Gasteiger partial charge is 0.319 e. The minimum atomic E-state index is -4.70. The molecule has 0 aliphatic rings. The van der Waals surface area contributed by atoms with Gasteiger partial charge in [-0.15, -0.1) is 0 Å². The molecule has 0 saturated heterocycles. The van der Waals surface area contributed by atoms with E-state index in [-0.39, 0.29) is 11.2 Å². The molecule has 3 nitrogen and oxygen atoms in total. The highest BCUT2D eigenvalue weighted by Gasteiger charge is 2.45. The maximum atomic E-state index is 11.6. The summed E-state index contributed by atoms with van der Waals surface area (Å²) in [5, 5.41) is 0. The molecule has 0 bridgehead atoms. The Morgan fingerprint density at radius 2 is 0.950 bits per heavy atom. The van der Waals surface area contributed by atoms with E-state index in [0.717, 1.165) is 0 Å².